The van der Waals surface area contributed by atoms with Crippen molar-refractivity contribution in [3.05, 3.63) is 63.5 Å². The van der Waals surface area contributed by atoms with Crippen molar-refractivity contribution in [2.45, 2.75) is 11.3 Å². The largest absolute Gasteiger partial charge is 0.494 e. The van der Waals surface area contributed by atoms with E-state index in [1.54, 1.807) is 12.1 Å². The first kappa shape index (κ1) is 20.1. The van der Waals surface area contributed by atoms with Crippen molar-refractivity contribution in [2.75, 3.05) is 33.4 Å². The fraction of sp³-hybridized carbons (Fsp3) is 0.300. The van der Waals surface area contributed by atoms with Gasteiger partial charge < -0.3 is 14.7 Å². The monoisotopic (exact) mass is 451 g/mol. The Hall–Kier alpha value is -1.67. The highest BCUT2D eigenvalue weighted by Gasteiger charge is 2.28. The van der Waals surface area contributed by atoms with Gasteiger partial charge in [0, 0.05) is 34.1 Å². The van der Waals surface area contributed by atoms with Gasteiger partial charge in [0.25, 0.3) is 0 Å². The molecule has 1 aliphatic heterocycles. The van der Waals surface area contributed by atoms with Gasteiger partial charge in [-0.25, -0.2) is 8.42 Å². The summed E-state index contributed by atoms with van der Waals surface area (Å²) in [5.74, 6) is 0.549. The first-order chi connectivity index (χ1) is 12.9. The van der Waals surface area contributed by atoms with Gasteiger partial charge in [-0.05, 0) is 49.4 Å². The van der Waals surface area contributed by atoms with Crippen LogP contribution in [0.1, 0.15) is 17.5 Å². The molecule has 2 aromatic rings. The molecule has 0 fully saturated rings. The van der Waals surface area contributed by atoms with Crippen molar-refractivity contribution in [2.24, 2.45) is 0 Å². The summed E-state index contributed by atoms with van der Waals surface area (Å²) >= 11 is 3.40. The number of ether oxygens (including phenoxy) is 1. The molecule has 0 bridgehead atoms. The predicted molar refractivity (Wildman–Crippen MR) is 110 cm³/mol. The van der Waals surface area contributed by atoms with Crippen molar-refractivity contribution in [1.29, 1.82) is 0 Å². The first-order valence-corrected chi connectivity index (χ1v) is 11.0. The molecule has 1 N–H and O–H groups in total. The zero-order valence-corrected chi connectivity index (χ0v) is 17.5. The number of likely N-dealkylation sites (N-methyl/N-ethyl adjacent to an activating group) is 1. The van der Waals surface area contributed by atoms with E-state index in [4.69, 9.17) is 9.84 Å². The van der Waals surface area contributed by atoms with Crippen LogP contribution in [0.25, 0.3) is 5.57 Å². The minimum absolute atomic E-state index is 0.133. The summed E-state index contributed by atoms with van der Waals surface area (Å²) in [6, 6.07) is 12.8. The lowest BCUT2D eigenvalue weighted by Gasteiger charge is -2.15. The molecule has 0 radical (unpaired) electrons. The Labute approximate surface area is 168 Å². The van der Waals surface area contributed by atoms with E-state index in [0.29, 0.717) is 30.0 Å². The molecule has 7 heteroatoms. The minimum Gasteiger partial charge on any atom is -0.494 e. The van der Waals surface area contributed by atoms with E-state index in [-0.39, 0.29) is 11.5 Å². The number of aliphatic hydroxyl groups is 1. The number of sulfone groups is 1. The van der Waals surface area contributed by atoms with Crippen molar-refractivity contribution in [3.63, 3.8) is 0 Å². The maximum absolute atomic E-state index is 12.6. The van der Waals surface area contributed by atoms with Gasteiger partial charge in [0.15, 0.2) is 0 Å². The first-order valence-electron chi connectivity index (χ1n) is 8.70. The van der Waals surface area contributed by atoms with E-state index in [0.717, 1.165) is 23.0 Å². The second kappa shape index (κ2) is 8.56. The van der Waals surface area contributed by atoms with Crippen LogP contribution in [0.5, 0.6) is 5.75 Å². The van der Waals surface area contributed by atoms with Gasteiger partial charge in [0.1, 0.15) is 5.75 Å². The third kappa shape index (κ3) is 4.79. The molecule has 2 aromatic carbocycles. The standard InChI is InChI=1S/C20H22BrNO4S/c1-22(10-11-23)9-2-12-26-17-7-8-18-19(14-27(24,25)20(18)13-17)15-3-5-16(21)6-4-15/h3-8,13-14,23H,2,9-12H2,1H3. The second-order valence-corrected chi connectivity index (χ2v) is 9.15. The molecule has 3 rings (SSSR count). The molecule has 0 amide bonds. The third-order valence-corrected chi connectivity index (χ3v) is 6.44. The van der Waals surface area contributed by atoms with E-state index in [1.165, 1.54) is 5.41 Å². The van der Waals surface area contributed by atoms with Crippen molar-refractivity contribution < 1.29 is 18.3 Å². The number of hydrogen-bond donors (Lipinski definition) is 1. The van der Waals surface area contributed by atoms with Gasteiger partial charge >= 0.3 is 0 Å². The highest BCUT2D eigenvalue weighted by molar-refractivity contribution is 9.10. The molecule has 0 spiro atoms. The molecule has 0 saturated heterocycles. The zero-order valence-electron chi connectivity index (χ0n) is 15.1. The van der Waals surface area contributed by atoms with Crippen LogP contribution in [0.15, 0.2) is 57.2 Å². The molecule has 0 aliphatic carbocycles. The Balaban J connectivity index is 1.73. The zero-order chi connectivity index (χ0) is 19.4. The molecular formula is C20H22BrNO4S. The van der Waals surface area contributed by atoms with Crippen molar-refractivity contribution >= 4 is 31.3 Å². The van der Waals surface area contributed by atoms with Gasteiger partial charge in [-0.2, -0.15) is 0 Å². The molecular weight excluding hydrogens is 430 g/mol. The van der Waals surface area contributed by atoms with Gasteiger partial charge in [-0.1, -0.05) is 28.1 Å². The van der Waals surface area contributed by atoms with Crippen molar-refractivity contribution in [1.82, 2.24) is 4.90 Å². The fourth-order valence-corrected chi connectivity index (χ4v) is 4.72. The van der Waals surface area contributed by atoms with E-state index in [1.807, 2.05) is 42.3 Å². The molecule has 27 heavy (non-hydrogen) atoms. The molecule has 1 aliphatic rings. The Morgan fingerprint density at radius 2 is 1.85 bits per heavy atom. The van der Waals surface area contributed by atoms with E-state index in [9.17, 15) is 8.42 Å². The summed E-state index contributed by atoms with van der Waals surface area (Å²) < 4.78 is 31.8. The molecule has 0 atom stereocenters. The number of nitrogens with zero attached hydrogens (tertiary/aromatic N) is 1. The normalized spacial score (nSPS) is 14.9. The van der Waals surface area contributed by atoms with Crippen LogP contribution in [0.2, 0.25) is 0 Å². The lowest BCUT2D eigenvalue weighted by atomic mass is 10.00. The Morgan fingerprint density at radius 3 is 2.56 bits per heavy atom. The third-order valence-electron chi connectivity index (χ3n) is 4.41. The quantitative estimate of drug-likeness (QED) is 0.623. The molecule has 0 aromatic heterocycles. The summed E-state index contributed by atoms with van der Waals surface area (Å²) in [5, 5.41) is 10.2. The summed E-state index contributed by atoms with van der Waals surface area (Å²) in [5.41, 5.74) is 2.27. The maximum Gasteiger partial charge on any atom is 0.201 e. The van der Waals surface area contributed by atoms with Crippen LogP contribution in [0, 0.1) is 0 Å². The van der Waals surface area contributed by atoms with Crippen LogP contribution in [-0.4, -0.2) is 51.8 Å². The molecule has 5 nitrogen and oxygen atoms in total. The lowest BCUT2D eigenvalue weighted by Crippen LogP contribution is -2.24. The van der Waals surface area contributed by atoms with Gasteiger partial charge in [0.05, 0.1) is 18.1 Å². The number of hydrogen-bond acceptors (Lipinski definition) is 5. The smallest absolute Gasteiger partial charge is 0.201 e. The number of halogens is 1. The average Bonchev–Trinajstić information content (AvgIpc) is 2.91. The van der Waals surface area contributed by atoms with Crippen LogP contribution in [-0.2, 0) is 9.84 Å². The summed E-state index contributed by atoms with van der Waals surface area (Å²) in [4.78, 5) is 2.31. The van der Waals surface area contributed by atoms with Crippen LogP contribution in [0.4, 0.5) is 0 Å². The van der Waals surface area contributed by atoms with Crippen LogP contribution < -0.4 is 4.74 Å². The van der Waals surface area contributed by atoms with E-state index in [2.05, 4.69) is 15.9 Å². The number of fused-ring (bicyclic) bond motifs is 1. The Bertz CT molecular complexity index is 939. The van der Waals surface area contributed by atoms with Gasteiger partial charge in [0.2, 0.25) is 9.84 Å². The van der Waals surface area contributed by atoms with Gasteiger partial charge in [-0.15, -0.1) is 0 Å². The highest BCUT2D eigenvalue weighted by atomic mass is 79.9. The van der Waals surface area contributed by atoms with Crippen LogP contribution in [0.3, 0.4) is 0 Å². The van der Waals surface area contributed by atoms with E-state index < -0.39 is 9.84 Å². The molecule has 0 saturated carbocycles. The number of aliphatic hydroxyl groups excluding tert-OH is 1. The SMILES string of the molecule is CN(CCO)CCCOc1ccc2c(c1)S(=O)(=O)C=C2c1ccc(Br)cc1. The highest BCUT2D eigenvalue weighted by Crippen LogP contribution is 2.39. The number of rotatable bonds is 8. The Kier molecular flexibility index (Phi) is 6.37. The maximum atomic E-state index is 12.6. The Morgan fingerprint density at radius 1 is 1.11 bits per heavy atom. The topological polar surface area (TPSA) is 66.8 Å². The summed E-state index contributed by atoms with van der Waals surface area (Å²) in [7, 11) is -1.54. The second-order valence-electron chi connectivity index (χ2n) is 6.47. The summed E-state index contributed by atoms with van der Waals surface area (Å²) in [6.07, 6.45) is 0.794. The minimum atomic E-state index is -3.48. The van der Waals surface area contributed by atoms with Crippen LogP contribution >= 0.6 is 15.9 Å². The molecule has 1 heterocycles. The van der Waals surface area contributed by atoms with Gasteiger partial charge in [-0.3, -0.25) is 0 Å². The average molecular weight is 452 g/mol. The fourth-order valence-electron chi connectivity index (χ4n) is 2.99. The summed E-state index contributed by atoms with van der Waals surface area (Å²) in [6.45, 7) is 2.05. The molecule has 0 unspecified atom stereocenters. The van der Waals surface area contributed by atoms with E-state index >= 15 is 0 Å². The lowest BCUT2D eigenvalue weighted by molar-refractivity contribution is 0.207. The van der Waals surface area contributed by atoms with Crippen molar-refractivity contribution in [3.8, 4) is 5.75 Å². The predicted octanol–water partition coefficient (Wildman–Crippen LogP) is 3.32. The molecule has 144 valence electrons. The number of benzene rings is 2.